The van der Waals surface area contributed by atoms with E-state index in [-0.39, 0.29) is 5.69 Å². The van der Waals surface area contributed by atoms with E-state index < -0.39 is 5.97 Å². The molecule has 0 aromatic carbocycles. The van der Waals surface area contributed by atoms with E-state index in [9.17, 15) is 4.79 Å². The molecule has 7 heteroatoms. The highest BCUT2D eigenvalue weighted by molar-refractivity contribution is 5.87. The first kappa shape index (κ1) is 11.0. The van der Waals surface area contributed by atoms with E-state index >= 15 is 0 Å². The van der Waals surface area contributed by atoms with Crippen molar-refractivity contribution in [3.8, 4) is 5.82 Å². The smallest absolute Gasteiger partial charge is 0.356 e. The summed E-state index contributed by atoms with van der Waals surface area (Å²) in [5, 5.41) is 17.5. The molecule has 3 heterocycles. The van der Waals surface area contributed by atoms with E-state index in [4.69, 9.17) is 9.84 Å². The molecule has 0 atom stereocenters. The predicted octanol–water partition coefficient (Wildman–Crippen LogP) is 0.377. The zero-order valence-electron chi connectivity index (χ0n) is 9.83. The van der Waals surface area contributed by atoms with Crippen molar-refractivity contribution in [2.75, 3.05) is 6.61 Å². The largest absolute Gasteiger partial charge is 0.476 e. The number of ether oxygens (including phenoxy) is 1. The van der Waals surface area contributed by atoms with Gasteiger partial charge in [-0.2, -0.15) is 10.2 Å². The molecule has 0 bridgehead atoms. The molecule has 94 valence electrons. The maximum atomic E-state index is 11.2. The third kappa shape index (κ3) is 1.60. The van der Waals surface area contributed by atoms with Gasteiger partial charge in [-0.15, -0.1) is 0 Å². The van der Waals surface area contributed by atoms with Gasteiger partial charge in [-0.25, -0.2) is 9.48 Å². The van der Waals surface area contributed by atoms with Gasteiger partial charge in [-0.3, -0.25) is 4.68 Å². The second kappa shape index (κ2) is 3.95. The predicted molar refractivity (Wildman–Crippen MR) is 60.6 cm³/mol. The SMILES string of the molecule is Cn1ccc(-n2nc(C(=O)O)c3c2CCOC3)n1. The quantitative estimate of drug-likeness (QED) is 0.830. The van der Waals surface area contributed by atoms with Crippen LogP contribution in [-0.2, 0) is 24.8 Å². The number of carboxylic acid groups (broad SMARTS) is 1. The van der Waals surface area contributed by atoms with Gasteiger partial charge in [0.25, 0.3) is 0 Å². The van der Waals surface area contributed by atoms with E-state index in [0.29, 0.717) is 31.0 Å². The van der Waals surface area contributed by atoms with Gasteiger partial charge in [-0.1, -0.05) is 0 Å². The van der Waals surface area contributed by atoms with Gasteiger partial charge in [-0.05, 0) is 0 Å². The number of aromatic carboxylic acids is 1. The molecule has 0 aliphatic carbocycles. The molecule has 1 aliphatic heterocycles. The van der Waals surface area contributed by atoms with Crippen molar-refractivity contribution in [3.05, 3.63) is 29.2 Å². The van der Waals surface area contributed by atoms with Gasteiger partial charge in [0.05, 0.1) is 18.9 Å². The van der Waals surface area contributed by atoms with Crippen LogP contribution in [0.5, 0.6) is 0 Å². The number of carbonyl (C=O) groups is 1. The van der Waals surface area contributed by atoms with Crippen molar-refractivity contribution in [2.45, 2.75) is 13.0 Å². The molecule has 0 saturated carbocycles. The van der Waals surface area contributed by atoms with Gasteiger partial charge in [0, 0.05) is 31.3 Å². The molecule has 2 aromatic rings. The van der Waals surface area contributed by atoms with Crippen molar-refractivity contribution in [3.63, 3.8) is 0 Å². The average Bonchev–Trinajstić information content (AvgIpc) is 2.92. The lowest BCUT2D eigenvalue weighted by molar-refractivity contribution is 0.0677. The van der Waals surface area contributed by atoms with E-state index in [0.717, 1.165) is 5.69 Å². The van der Waals surface area contributed by atoms with Crippen molar-refractivity contribution < 1.29 is 14.6 Å². The molecule has 0 spiro atoms. The van der Waals surface area contributed by atoms with Gasteiger partial charge < -0.3 is 9.84 Å². The summed E-state index contributed by atoms with van der Waals surface area (Å²) >= 11 is 0. The lowest BCUT2D eigenvalue weighted by atomic mass is 10.1. The zero-order chi connectivity index (χ0) is 12.7. The van der Waals surface area contributed by atoms with E-state index in [1.54, 1.807) is 28.7 Å². The van der Waals surface area contributed by atoms with Crippen LogP contribution in [-0.4, -0.2) is 37.2 Å². The summed E-state index contributed by atoms with van der Waals surface area (Å²) in [7, 11) is 1.81. The van der Waals surface area contributed by atoms with Crippen LogP contribution in [0.3, 0.4) is 0 Å². The van der Waals surface area contributed by atoms with Crippen molar-refractivity contribution in [2.24, 2.45) is 7.05 Å². The molecular formula is C11H12N4O3. The molecule has 1 aliphatic rings. The Labute approximate surface area is 103 Å². The number of nitrogens with zero attached hydrogens (tertiary/aromatic N) is 4. The summed E-state index contributed by atoms with van der Waals surface area (Å²) in [6.07, 6.45) is 2.44. The fourth-order valence-electron chi connectivity index (χ4n) is 2.11. The molecular weight excluding hydrogens is 236 g/mol. The summed E-state index contributed by atoms with van der Waals surface area (Å²) in [4.78, 5) is 11.2. The summed E-state index contributed by atoms with van der Waals surface area (Å²) in [6.45, 7) is 0.869. The Morgan fingerprint density at radius 3 is 3.00 bits per heavy atom. The number of aromatic nitrogens is 4. The fourth-order valence-corrected chi connectivity index (χ4v) is 2.11. The van der Waals surface area contributed by atoms with Gasteiger partial charge in [0.15, 0.2) is 11.5 Å². The summed E-state index contributed by atoms with van der Waals surface area (Å²) < 4.78 is 8.55. The van der Waals surface area contributed by atoms with Crippen LogP contribution in [0.1, 0.15) is 21.7 Å². The Balaban J connectivity index is 2.18. The Bertz CT molecular complexity index is 614. The molecule has 0 radical (unpaired) electrons. The Morgan fingerprint density at radius 2 is 2.33 bits per heavy atom. The second-order valence-corrected chi connectivity index (χ2v) is 4.14. The number of aryl methyl sites for hydroxylation is 1. The Morgan fingerprint density at radius 1 is 1.50 bits per heavy atom. The molecule has 0 amide bonds. The first-order valence-electron chi connectivity index (χ1n) is 5.58. The fraction of sp³-hybridized carbons (Fsp3) is 0.364. The highest BCUT2D eigenvalue weighted by Crippen LogP contribution is 2.23. The molecule has 1 N–H and O–H groups in total. The monoisotopic (exact) mass is 248 g/mol. The molecule has 7 nitrogen and oxygen atoms in total. The Hall–Kier alpha value is -2.15. The minimum atomic E-state index is -1.04. The van der Waals surface area contributed by atoms with Crippen LogP contribution >= 0.6 is 0 Å². The second-order valence-electron chi connectivity index (χ2n) is 4.14. The van der Waals surface area contributed by atoms with Crippen LogP contribution in [0.2, 0.25) is 0 Å². The van der Waals surface area contributed by atoms with Gasteiger partial charge >= 0.3 is 5.97 Å². The molecule has 0 saturated heterocycles. The number of carboxylic acids is 1. The normalized spacial score (nSPS) is 14.5. The van der Waals surface area contributed by atoms with Crippen LogP contribution in [0.15, 0.2) is 12.3 Å². The lowest BCUT2D eigenvalue weighted by Crippen LogP contribution is -2.14. The minimum Gasteiger partial charge on any atom is -0.476 e. The lowest BCUT2D eigenvalue weighted by Gasteiger charge is -2.13. The maximum absolute atomic E-state index is 11.2. The number of hydrogen-bond donors (Lipinski definition) is 1. The van der Waals surface area contributed by atoms with Crippen molar-refractivity contribution in [1.82, 2.24) is 19.6 Å². The summed E-state index contributed by atoms with van der Waals surface area (Å²) in [5.41, 5.74) is 1.58. The van der Waals surface area contributed by atoms with Crippen molar-refractivity contribution in [1.29, 1.82) is 0 Å². The molecule has 0 fully saturated rings. The minimum absolute atomic E-state index is 0.0513. The van der Waals surface area contributed by atoms with Gasteiger partial charge in [0.2, 0.25) is 0 Å². The van der Waals surface area contributed by atoms with Crippen LogP contribution in [0.4, 0.5) is 0 Å². The van der Waals surface area contributed by atoms with E-state index in [2.05, 4.69) is 10.2 Å². The van der Waals surface area contributed by atoms with Crippen LogP contribution in [0, 0.1) is 0 Å². The zero-order valence-corrected chi connectivity index (χ0v) is 9.83. The number of hydrogen-bond acceptors (Lipinski definition) is 4. The third-order valence-corrected chi connectivity index (χ3v) is 2.94. The molecule has 2 aromatic heterocycles. The van der Waals surface area contributed by atoms with Gasteiger partial charge in [0.1, 0.15) is 0 Å². The highest BCUT2D eigenvalue weighted by Gasteiger charge is 2.26. The topological polar surface area (TPSA) is 82.2 Å². The Kier molecular flexibility index (Phi) is 2.41. The first-order chi connectivity index (χ1) is 8.66. The van der Waals surface area contributed by atoms with Crippen LogP contribution in [0.25, 0.3) is 5.82 Å². The molecule has 0 unspecified atom stereocenters. The third-order valence-electron chi connectivity index (χ3n) is 2.94. The highest BCUT2D eigenvalue weighted by atomic mass is 16.5. The average molecular weight is 248 g/mol. The van der Waals surface area contributed by atoms with Crippen LogP contribution < -0.4 is 0 Å². The van der Waals surface area contributed by atoms with E-state index in [1.807, 2.05) is 0 Å². The summed E-state index contributed by atoms with van der Waals surface area (Å²) in [5.74, 6) is -0.408. The molecule has 18 heavy (non-hydrogen) atoms. The summed E-state index contributed by atoms with van der Waals surface area (Å²) in [6, 6.07) is 1.80. The first-order valence-corrected chi connectivity index (χ1v) is 5.58. The standard InChI is InChI=1S/C11H12N4O3/c1-14-4-2-9(12-14)15-8-3-5-18-6-7(8)10(13-15)11(16)17/h2,4H,3,5-6H2,1H3,(H,16,17). The van der Waals surface area contributed by atoms with Crippen molar-refractivity contribution >= 4 is 5.97 Å². The maximum Gasteiger partial charge on any atom is 0.356 e. The van der Waals surface area contributed by atoms with E-state index in [1.165, 1.54) is 0 Å². The molecule has 3 rings (SSSR count). The number of fused-ring (bicyclic) bond motifs is 1. The number of rotatable bonds is 2.